The number of aromatic amines is 1. The van der Waals surface area contributed by atoms with E-state index in [1.54, 1.807) is 23.1 Å². The van der Waals surface area contributed by atoms with Gasteiger partial charge in [0.05, 0.1) is 32.3 Å². The summed E-state index contributed by atoms with van der Waals surface area (Å²) in [5, 5.41) is 34.9. The van der Waals surface area contributed by atoms with Crippen molar-refractivity contribution in [1.29, 1.82) is 0 Å². The number of carbonyl (C=O) groups is 2. The Bertz CT molecular complexity index is 1480. The summed E-state index contributed by atoms with van der Waals surface area (Å²) in [5.74, 6) is -0.424. The summed E-state index contributed by atoms with van der Waals surface area (Å²) in [4.78, 5) is 32.5. The molecule has 42 heavy (non-hydrogen) atoms. The van der Waals surface area contributed by atoms with Crippen LogP contribution in [0.5, 0.6) is 11.5 Å². The first-order chi connectivity index (χ1) is 20.4. The van der Waals surface area contributed by atoms with Crippen LogP contribution in [-0.4, -0.2) is 82.1 Å². The molecule has 0 unspecified atom stereocenters. The molecule has 0 spiro atoms. The second-order valence-electron chi connectivity index (χ2n) is 11.3. The minimum absolute atomic E-state index is 0.0399. The maximum absolute atomic E-state index is 13.9. The molecule has 1 fully saturated rings. The molecule has 222 valence electrons. The normalized spacial score (nSPS) is 22.9. The number of carbonyl (C=O) groups excluding carboxylic acids is 2. The Morgan fingerprint density at radius 1 is 1.17 bits per heavy atom. The summed E-state index contributed by atoms with van der Waals surface area (Å²) in [6.07, 6.45) is 2.82. The van der Waals surface area contributed by atoms with Gasteiger partial charge in [0.1, 0.15) is 12.2 Å². The van der Waals surface area contributed by atoms with Crippen molar-refractivity contribution in [2.24, 2.45) is 5.92 Å². The Hall–Kier alpha value is -3.86. The number of H-pyrrole nitrogens is 1. The molecule has 5 N–H and O–H groups in total. The van der Waals surface area contributed by atoms with Crippen LogP contribution in [0, 0.1) is 5.92 Å². The van der Waals surface area contributed by atoms with Gasteiger partial charge in [-0.2, -0.15) is 0 Å². The molecule has 1 aromatic heterocycles. The molecule has 1 aliphatic heterocycles. The van der Waals surface area contributed by atoms with E-state index in [9.17, 15) is 24.9 Å². The van der Waals surface area contributed by atoms with Gasteiger partial charge >= 0.3 is 0 Å². The molecule has 10 heteroatoms. The molecule has 2 amide bonds. The van der Waals surface area contributed by atoms with Gasteiger partial charge in [-0.05, 0) is 54.1 Å². The number of hydrogen-bond acceptors (Lipinski definition) is 7. The van der Waals surface area contributed by atoms with Gasteiger partial charge in [0.2, 0.25) is 11.8 Å². The number of benzene rings is 2. The van der Waals surface area contributed by atoms with Crippen LogP contribution in [0.25, 0.3) is 10.9 Å². The van der Waals surface area contributed by atoms with E-state index in [-0.39, 0.29) is 31.6 Å². The van der Waals surface area contributed by atoms with Crippen LogP contribution in [0.15, 0.2) is 54.1 Å². The molecule has 3 aliphatic rings. The highest BCUT2D eigenvalue weighted by atomic mass is 16.5. The highest BCUT2D eigenvalue weighted by molar-refractivity contribution is 5.96. The second kappa shape index (κ2) is 11.8. The Morgan fingerprint density at radius 2 is 1.98 bits per heavy atom. The largest absolute Gasteiger partial charge is 0.493 e. The van der Waals surface area contributed by atoms with E-state index in [1.807, 2.05) is 24.3 Å². The van der Waals surface area contributed by atoms with Crippen LogP contribution in [0.1, 0.15) is 42.0 Å². The van der Waals surface area contributed by atoms with Crippen LogP contribution in [0.3, 0.4) is 0 Å². The summed E-state index contributed by atoms with van der Waals surface area (Å²) < 4.78 is 11.9. The summed E-state index contributed by atoms with van der Waals surface area (Å²) >= 11 is 0. The number of nitrogens with one attached hydrogen (secondary N) is 2. The quantitative estimate of drug-likeness (QED) is 0.249. The summed E-state index contributed by atoms with van der Waals surface area (Å²) in [6, 6.07) is 12.7. The van der Waals surface area contributed by atoms with E-state index in [0.29, 0.717) is 41.2 Å². The number of rotatable bonds is 10. The smallest absolute Gasteiger partial charge is 0.247 e. The molecule has 2 aromatic carbocycles. The summed E-state index contributed by atoms with van der Waals surface area (Å²) in [6.45, 7) is -0.0707. The highest BCUT2D eigenvalue weighted by Crippen LogP contribution is 2.51. The zero-order valence-corrected chi connectivity index (χ0v) is 23.6. The van der Waals surface area contributed by atoms with Crippen LogP contribution in [0.4, 0.5) is 0 Å². The lowest BCUT2D eigenvalue weighted by molar-refractivity contribution is -0.144. The predicted molar refractivity (Wildman–Crippen MR) is 155 cm³/mol. The summed E-state index contributed by atoms with van der Waals surface area (Å²) in [7, 11) is 1.50. The molecule has 0 radical (unpaired) electrons. The van der Waals surface area contributed by atoms with Gasteiger partial charge in [-0.1, -0.05) is 24.6 Å². The van der Waals surface area contributed by atoms with Crippen molar-refractivity contribution in [2.45, 2.75) is 56.5 Å². The van der Waals surface area contributed by atoms with Crippen LogP contribution >= 0.6 is 0 Å². The first kappa shape index (κ1) is 28.3. The minimum atomic E-state index is -1.13. The standard InChI is InChI=1S/C32H37N3O7/c1-41-26-14-18(17-37)13-22-27-23(31(39)33-10-12-36)16-25(28(38)30(27)42-29(22)26)35(32(40)19-6-4-7-19)11-9-21-15-20-5-2-3-8-24(20)34-21/h2-3,5,8,13-16,19,25,27-28,30,34,36-38H,4,6-7,9-12,17H2,1H3,(H,33,39)/t25-,27+,28+,30+/m1/s1. The number of nitrogens with zero attached hydrogens (tertiary/aromatic N) is 1. The van der Waals surface area contributed by atoms with E-state index < -0.39 is 30.1 Å². The molecule has 4 atom stereocenters. The second-order valence-corrected chi connectivity index (χ2v) is 11.3. The lowest BCUT2D eigenvalue weighted by Gasteiger charge is -2.42. The number of para-hydroxylation sites is 1. The molecule has 2 aliphatic carbocycles. The SMILES string of the molecule is COc1cc(CO)cc2c1O[C@@H]1[C@@H](O)[C@H](N(CCc3cc4ccccc4[nH]3)C(=O)C3CCC3)C=C(C(=O)NCCO)[C@H]21. The van der Waals surface area contributed by atoms with E-state index >= 15 is 0 Å². The van der Waals surface area contributed by atoms with Crippen molar-refractivity contribution in [3.8, 4) is 11.5 Å². The van der Waals surface area contributed by atoms with Crippen molar-refractivity contribution < 1.29 is 34.4 Å². The fourth-order valence-electron chi connectivity index (χ4n) is 6.42. The number of hydrogen-bond donors (Lipinski definition) is 5. The number of amides is 2. The zero-order valence-electron chi connectivity index (χ0n) is 23.6. The Labute approximate surface area is 243 Å². The van der Waals surface area contributed by atoms with Gasteiger partial charge < -0.3 is 40.0 Å². The van der Waals surface area contributed by atoms with Crippen molar-refractivity contribution in [2.75, 3.05) is 26.8 Å². The third-order valence-corrected chi connectivity index (χ3v) is 8.80. The van der Waals surface area contributed by atoms with Crippen LogP contribution in [0.2, 0.25) is 0 Å². The fraction of sp³-hybridized carbons (Fsp3) is 0.438. The van der Waals surface area contributed by atoms with Gasteiger partial charge in [-0.15, -0.1) is 0 Å². The van der Waals surface area contributed by atoms with Crippen LogP contribution in [-0.2, 0) is 22.6 Å². The zero-order chi connectivity index (χ0) is 29.4. The monoisotopic (exact) mass is 575 g/mol. The number of aliphatic hydroxyl groups excluding tert-OH is 3. The topological polar surface area (TPSA) is 144 Å². The van der Waals surface area contributed by atoms with E-state index in [2.05, 4.69) is 16.4 Å². The fourth-order valence-corrected chi connectivity index (χ4v) is 6.42. The molecule has 1 saturated carbocycles. The Morgan fingerprint density at radius 3 is 2.67 bits per heavy atom. The van der Waals surface area contributed by atoms with Gasteiger partial charge in [-0.3, -0.25) is 9.59 Å². The predicted octanol–water partition coefficient (Wildman–Crippen LogP) is 2.16. The lowest BCUT2D eigenvalue weighted by Crippen LogP contribution is -2.57. The molecule has 0 saturated heterocycles. The number of fused-ring (bicyclic) bond motifs is 4. The maximum atomic E-state index is 13.9. The van der Waals surface area contributed by atoms with Gasteiger partial charge in [0.25, 0.3) is 0 Å². The molecule has 3 aromatic rings. The molecule has 6 rings (SSSR count). The maximum Gasteiger partial charge on any atom is 0.247 e. The molecule has 2 heterocycles. The molecule has 10 nitrogen and oxygen atoms in total. The molecular weight excluding hydrogens is 538 g/mol. The van der Waals surface area contributed by atoms with E-state index in [1.165, 1.54) is 7.11 Å². The van der Waals surface area contributed by atoms with Crippen molar-refractivity contribution in [3.05, 3.63) is 70.9 Å². The number of aliphatic hydroxyl groups is 3. The average Bonchev–Trinajstić information content (AvgIpc) is 3.57. The van der Waals surface area contributed by atoms with E-state index in [4.69, 9.17) is 9.47 Å². The number of ether oxygens (including phenoxy) is 2. The average molecular weight is 576 g/mol. The highest BCUT2D eigenvalue weighted by Gasteiger charge is 2.52. The van der Waals surface area contributed by atoms with Crippen molar-refractivity contribution in [1.82, 2.24) is 15.2 Å². The Kier molecular flexibility index (Phi) is 7.94. The van der Waals surface area contributed by atoms with Gasteiger partial charge in [-0.25, -0.2) is 0 Å². The first-order valence-corrected chi connectivity index (χ1v) is 14.6. The van der Waals surface area contributed by atoms with Crippen LogP contribution < -0.4 is 14.8 Å². The third-order valence-electron chi connectivity index (χ3n) is 8.80. The third kappa shape index (κ3) is 5.04. The van der Waals surface area contributed by atoms with Gasteiger partial charge in [0.15, 0.2) is 11.5 Å². The minimum Gasteiger partial charge on any atom is -0.493 e. The number of aromatic nitrogens is 1. The van der Waals surface area contributed by atoms with Crippen molar-refractivity contribution in [3.63, 3.8) is 0 Å². The first-order valence-electron chi connectivity index (χ1n) is 14.6. The lowest BCUT2D eigenvalue weighted by atomic mass is 9.76. The number of methoxy groups -OCH3 is 1. The van der Waals surface area contributed by atoms with Crippen molar-refractivity contribution >= 4 is 22.7 Å². The summed E-state index contributed by atoms with van der Waals surface area (Å²) in [5.41, 5.74) is 3.54. The Balaban J connectivity index is 1.38. The van der Waals surface area contributed by atoms with E-state index in [0.717, 1.165) is 35.9 Å². The van der Waals surface area contributed by atoms with Gasteiger partial charge in [0, 0.05) is 47.8 Å². The molecule has 0 bridgehead atoms. The molecular formula is C32H37N3O7.